The fraction of sp³-hybridized carbons (Fsp3) is 0.526. The van der Waals surface area contributed by atoms with Crippen molar-refractivity contribution in [2.45, 2.75) is 37.1 Å². The first-order chi connectivity index (χ1) is 12.7. The first kappa shape index (κ1) is 19.1. The number of amides is 1. The minimum Gasteiger partial charge on any atom is -0.379 e. The molecule has 1 unspecified atom stereocenters. The molecule has 7 heteroatoms. The van der Waals surface area contributed by atoms with Crippen molar-refractivity contribution >= 4 is 28.6 Å². The van der Waals surface area contributed by atoms with E-state index < -0.39 is 0 Å². The van der Waals surface area contributed by atoms with E-state index in [0.717, 1.165) is 54.5 Å². The Bertz CT molecular complexity index is 749. The molecule has 140 valence electrons. The largest absolute Gasteiger partial charge is 0.379 e. The minimum atomic E-state index is -0.198. The van der Waals surface area contributed by atoms with Gasteiger partial charge in [0.05, 0.1) is 30.5 Å². The number of benzene rings is 1. The molecule has 26 heavy (non-hydrogen) atoms. The smallest absolute Gasteiger partial charge is 0.233 e. The van der Waals surface area contributed by atoms with Gasteiger partial charge in [0.15, 0.2) is 0 Å². The van der Waals surface area contributed by atoms with Crippen molar-refractivity contribution in [1.29, 1.82) is 0 Å². The number of para-hydroxylation sites is 1. The number of rotatable bonds is 7. The molecule has 3 rings (SSSR count). The molecule has 1 saturated heterocycles. The minimum absolute atomic E-state index is 0.0503. The monoisotopic (exact) mass is 374 g/mol. The molecular weight excluding hydrogens is 348 g/mol. The van der Waals surface area contributed by atoms with Gasteiger partial charge in [-0.15, -0.1) is 0 Å². The Balaban J connectivity index is 1.81. The van der Waals surface area contributed by atoms with Crippen molar-refractivity contribution in [2.75, 3.05) is 32.8 Å². The van der Waals surface area contributed by atoms with Gasteiger partial charge < -0.3 is 10.1 Å². The molecular formula is C19H26N4O2S. The number of nitrogens with one attached hydrogen (secondary N) is 1. The van der Waals surface area contributed by atoms with Crippen molar-refractivity contribution in [3.8, 4) is 0 Å². The summed E-state index contributed by atoms with van der Waals surface area (Å²) in [5, 5.41) is 4.63. The van der Waals surface area contributed by atoms with Gasteiger partial charge in [0, 0.05) is 25.0 Å². The highest BCUT2D eigenvalue weighted by Crippen LogP contribution is 2.29. The first-order valence-electron chi connectivity index (χ1n) is 9.17. The zero-order valence-electron chi connectivity index (χ0n) is 15.4. The van der Waals surface area contributed by atoms with Crippen LogP contribution in [0.25, 0.3) is 10.9 Å². The van der Waals surface area contributed by atoms with Crippen LogP contribution in [0.15, 0.2) is 29.3 Å². The number of hydrogen-bond donors (Lipinski definition) is 1. The molecule has 1 aliphatic rings. The highest BCUT2D eigenvalue weighted by atomic mass is 32.2. The van der Waals surface area contributed by atoms with Gasteiger partial charge in [-0.2, -0.15) is 0 Å². The second-order valence-corrected chi connectivity index (χ2v) is 7.73. The number of fused-ring (bicyclic) bond motifs is 1. The molecule has 2 heterocycles. The summed E-state index contributed by atoms with van der Waals surface area (Å²) >= 11 is 1.50. The summed E-state index contributed by atoms with van der Waals surface area (Å²) < 4.78 is 5.41. The highest BCUT2D eigenvalue weighted by molar-refractivity contribution is 8.00. The second-order valence-electron chi connectivity index (χ2n) is 6.40. The molecule has 1 aromatic heterocycles. The summed E-state index contributed by atoms with van der Waals surface area (Å²) in [6.45, 7) is 8.69. The van der Waals surface area contributed by atoms with Crippen LogP contribution in [-0.4, -0.2) is 58.9 Å². The van der Waals surface area contributed by atoms with Gasteiger partial charge >= 0.3 is 0 Å². The van der Waals surface area contributed by atoms with E-state index in [1.54, 1.807) is 0 Å². The quantitative estimate of drug-likeness (QED) is 0.593. The molecule has 0 bridgehead atoms. The average molecular weight is 375 g/mol. The van der Waals surface area contributed by atoms with Crippen LogP contribution in [0.1, 0.15) is 26.1 Å². The van der Waals surface area contributed by atoms with Crippen LogP contribution in [0.3, 0.4) is 0 Å². The third kappa shape index (κ3) is 4.93. The number of aromatic nitrogens is 2. The lowest BCUT2D eigenvalue weighted by atomic mass is 10.2. The summed E-state index contributed by atoms with van der Waals surface area (Å²) in [4.78, 5) is 24.1. The summed E-state index contributed by atoms with van der Waals surface area (Å²) in [7, 11) is 0. The molecule has 1 atom stereocenters. The molecule has 0 aliphatic carbocycles. The SMILES string of the molecule is CCCNC(=O)C(C)Sc1nc(CN2CCOCC2)nc2ccccc12. The van der Waals surface area contributed by atoms with Crippen LogP contribution in [0.2, 0.25) is 0 Å². The molecule has 2 aromatic rings. The maximum Gasteiger partial charge on any atom is 0.233 e. The van der Waals surface area contributed by atoms with Crippen LogP contribution in [0.5, 0.6) is 0 Å². The molecule has 0 spiro atoms. The number of nitrogens with zero attached hydrogens (tertiary/aromatic N) is 3. The van der Waals surface area contributed by atoms with Gasteiger partial charge in [-0.25, -0.2) is 9.97 Å². The van der Waals surface area contributed by atoms with E-state index in [2.05, 4.69) is 10.2 Å². The number of carbonyl (C=O) groups excluding carboxylic acids is 1. The summed E-state index contributed by atoms with van der Waals surface area (Å²) in [5.74, 6) is 0.850. The molecule has 0 radical (unpaired) electrons. The van der Waals surface area contributed by atoms with Crippen LogP contribution >= 0.6 is 11.8 Å². The van der Waals surface area contributed by atoms with Gasteiger partial charge in [0.2, 0.25) is 5.91 Å². The number of thioether (sulfide) groups is 1. The molecule has 1 aliphatic heterocycles. The zero-order valence-corrected chi connectivity index (χ0v) is 16.2. The summed E-state index contributed by atoms with van der Waals surface area (Å²) in [6.07, 6.45) is 0.934. The fourth-order valence-corrected chi connectivity index (χ4v) is 3.81. The van der Waals surface area contributed by atoms with Gasteiger partial charge in [0.25, 0.3) is 0 Å². The summed E-state index contributed by atoms with van der Waals surface area (Å²) in [5.41, 5.74) is 0.925. The maximum atomic E-state index is 12.2. The van der Waals surface area contributed by atoms with Gasteiger partial charge in [-0.05, 0) is 19.4 Å². The fourth-order valence-electron chi connectivity index (χ4n) is 2.83. The van der Waals surface area contributed by atoms with Crippen molar-refractivity contribution in [2.24, 2.45) is 0 Å². The highest BCUT2D eigenvalue weighted by Gasteiger charge is 2.19. The Labute approximate surface area is 158 Å². The zero-order chi connectivity index (χ0) is 18.4. The molecule has 6 nitrogen and oxygen atoms in total. The molecule has 1 N–H and O–H groups in total. The van der Waals surface area contributed by atoms with Gasteiger partial charge in [0.1, 0.15) is 10.9 Å². The van der Waals surface area contributed by atoms with E-state index in [-0.39, 0.29) is 11.2 Å². The lowest BCUT2D eigenvalue weighted by Gasteiger charge is -2.26. The van der Waals surface area contributed by atoms with Crippen LogP contribution < -0.4 is 5.32 Å². The Morgan fingerprint density at radius 1 is 1.31 bits per heavy atom. The summed E-state index contributed by atoms with van der Waals surface area (Å²) in [6, 6.07) is 8.00. The standard InChI is InChI=1S/C19H26N4O2S/c1-3-8-20-18(24)14(2)26-19-15-6-4-5-7-16(15)21-17(22-19)13-23-9-11-25-12-10-23/h4-7,14H,3,8-13H2,1-2H3,(H,20,24). The van der Waals surface area contributed by atoms with E-state index in [0.29, 0.717) is 13.1 Å². The molecule has 1 amide bonds. The van der Waals surface area contributed by atoms with Crippen molar-refractivity contribution in [3.63, 3.8) is 0 Å². The third-order valence-electron chi connectivity index (χ3n) is 4.29. The molecule has 1 aromatic carbocycles. The molecule has 1 fully saturated rings. The Hall–Kier alpha value is -1.70. The van der Waals surface area contributed by atoms with Crippen molar-refractivity contribution in [3.05, 3.63) is 30.1 Å². The topological polar surface area (TPSA) is 67.4 Å². The second kappa shape index (κ2) is 9.30. The third-order valence-corrected chi connectivity index (χ3v) is 5.39. The van der Waals surface area contributed by atoms with Crippen LogP contribution in [0.4, 0.5) is 0 Å². The van der Waals surface area contributed by atoms with Gasteiger partial charge in [-0.1, -0.05) is 36.9 Å². The maximum absolute atomic E-state index is 12.2. The normalized spacial score (nSPS) is 16.5. The lowest BCUT2D eigenvalue weighted by molar-refractivity contribution is -0.120. The van der Waals surface area contributed by atoms with E-state index in [9.17, 15) is 4.79 Å². The van der Waals surface area contributed by atoms with E-state index in [1.807, 2.05) is 38.1 Å². The Morgan fingerprint density at radius 3 is 2.85 bits per heavy atom. The number of morpholine rings is 1. The molecule has 0 saturated carbocycles. The van der Waals surface area contributed by atoms with Crippen LogP contribution in [-0.2, 0) is 16.1 Å². The number of hydrogen-bond acceptors (Lipinski definition) is 6. The van der Waals surface area contributed by atoms with E-state index in [4.69, 9.17) is 14.7 Å². The van der Waals surface area contributed by atoms with E-state index in [1.165, 1.54) is 11.8 Å². The predicted octanol–water partition coefficient (Wildman–Crippen LogP) is 2.47. The predicted molar refractivity (Wildman–Crippen MR) is 104 cm³/mol. The van der Waals surface area contributed by atoms with E-state index >= 15 is 0 Å². The van der Waals surface area contributed by atoms with Crippen molar-refractivity contribution < 1.29 is 9.53 Å². The van der Waals surface area contributed by atoms with Gasteiger partial charge in [-0.3, -0.25) is 9.69 Å². The number of carbonyl (C=O) groups is 1. The average Bonchev–Trinajstić information content (AvgIpc) is 2.67. The van der Waals surface area contributed by atoms with Crippen LogP contribution in [0, 0.1) is 0 Å². The Kier molecular flexibility index (Phi) is 6.82. The number of ether oxygens (including phenoxy) is 1. The lowest BCUT2D eigenvalue weighted by Crippen LogP contribution is -2.36. The Morgan fingerprint density at radius 2 is 2.08 bits per heavy atom. The first-order valence-corrected chi connectivity index (χ1v) is 10.1. The van der Waals surface area contributed by atoms with Crippen molar-refractivity contribution in [1.82, 2.24) is 20.2 Å².